The topological polar surface area (TPSA) is 35.9 Å². The van der Waals surface area contributed by atoms with Gasteiger partial charge in [-0.05, 0) is 42.7 Å². The predicted octanol–water partition coefficient (Wildman–Crippen LogP) is 4.48. The van der Waals surface area contributed by atoms with Crippen molar-refractivity contribution in [3.05, 3.63) is 95.1 Å². The van der Waals surface area contributed by atoms with E-state index in [9.17, 15) is 4.79 Å². The number of anilines is 1. The molecule has 2 heterocycles. The fourth-order valence-corrected chi connectivity index (χ4v) is 4.13. The van der Waals surface area contributed by atoms with Crippen molar-refractivity contribution in [3.8, 4) is 0 Å². The van der Waals surface area contributed by atoms with Crippen molar-refractivity contribution in [1.82, 2.24) is 4.90 Å². The maximum atomic E-state index is 13.3. The summed E-state index contributed by atoms with van der Waals surface area (Å²) in [5.74, 6) is -0.0226. The molecule has 4 nitrogen and oxygen atoms in total. The third-order valence-electron chi connectivity index (χ3n) is 5.72. The minimum atomic E-state index is -0.0226. The van der Waals surface area contributed by atoms with Crippen LogP contribution in [0.15, 0.2) is 77.8 Å². The number of aliphatic imine (C=N–C) groups is 1. The third-order valence-corrected chi connectivity index (χ3v) is 5.72. The maximum absolute atomic E-state index is 13.3. The summed E-state index contributed by atoms with van der Waals surface area (Å²) < 4.78 is 0. The van der Waals surface area contributed by atoms with E-state index in [1.807, 2.05) is 60.4 Å². The molecule has 0 unspecified atom stereocenters. The number of carbonyl (C=O) groups excluding carboxylic acids is 1. The van der Waals surface area contributed by atoms with Crippen molar-refractivity contribution >= 4 is 23.0 Å². The zero-order chi connectivity index (χ0) is 19.8. The Bertz CT molecular complexity index is 1100. The van der Waals surface area contributed by atoms with Gasteiger partial charge >= 0.3 is 0 Å². The average molecular weight is 381 g/mol. The van der Waals surface area contributed by atoms with Crippen molar-refractivity contribution in [2.75, 3.05) is 18.1 Å². The number of aryl methyl sites for hydroxylation is 1. The Hall–Kier alpha value is -3.24. The molecule has 0 N–H and O–H groups in total. The van der Waals surface area contributed by atoms with E-state index in [1.165, 1.54) is 16.7 Å². The van der Waals surface area contributed by atoms with Crippen molar-refractivity contribution < 1.29 is 4.79 Å². The molecule has 0 saturated heterocycles. The van der Waals surface area contributed by atoms with Crippen LogP contribution in [0.25, 0.3) is 0 Å². The second-order valence-electron chi connectivity index (χ2n) is 7.76. The number of hydrogen-bond acceptors (Lipinski definition) is 3. The van der Waals surface area contributed by atoms with Crippen LogP contribution in [0.1, 0.15) is 22.3 Å². The molecular weight excluding hydrogens is 358 g/mol. The third kappa shape index (κ3) is 3.36. The Morgan fingerprint density at radius 3 is 2.45 bits per heavy atom. The molecule has 0 aromatic heterocycles. The maximum Gasteiger partial charge on any atom is 0.278 e. The van der Waals surface area contributed by atoms with E-state index >= 15 is 0 Å². The second kappa shape index (κ2) is 7.30. The van der Waals surface area contributed by atoms with Gasteiger partial charge in [-0.1, -0.05) is 60.2 Å². The van der Waals surface area contributed by atoms with Crippen LogP contribution in [-0.2, 0) is 17.8 Å². The molecule has 29 heavy (non-hydrogen) atoms. The van der Waals surface area contributed by atoms with Gasteiger partial charge in [0, 0.05) is 18.7 Å². The lowest BCUT2D eigenvalue weighted by atomic mass is 10.0. The largest absolute Gasteiger partial charge is 0.293 e. The summed E-state index contributed by atoms with van der Waals surface area (Å²) in [7, 11) is 0. The summed E-state index contributed by atoms with van der Waals surface area (Å²) in [5, 5.41) is 0. The predicted molar refractivity (Wildman–Crippen MR) is 117 cm³/mol. The number of fused-ring (bicyclic) bond motifs is 2. The van der Waals surface area contributed by atoms with Gasteiger partial charge in [-0.25, -0.2) is 4.99 Å². The Labute approximate surface area is 171 Å². The highest BCUT2D eigenvalue weighted by atomic mass is 16.2. The quantitative estimate of drug-likeness (QED) is 0.671. The van der Waals surface area contributed by atoms with Crippen molar-refractivity contribution in [1.29, 1.82) is 0 Å². The average Bonchev–Trinajstić information content (AvgIpc) is 3.01. The minimum absolute atomic E-state index is 0.0226. The second-order valence-corrected chi connectivity index (χ2v) is 7.76. The van der Waals surface area contributed by atoms with Crippen LogP contribution in [-0.4, -0.2) is 29.7 Å². The highest BCUT2D eigenvalue weighted by Crippen LogP contribution is 2.31. The van der Waals surface area contributed by atoms with Crippen molar-refractivity contribution in [2.24, 2.45) is 4.99 Å². The van der Waals surface area contributed by atoms with E-state index in [0.29, 0.717) is 12.4 Å². The molecule has 0 atom stereocenters. The van der Waals surface area contributed by atoms with Crippen LogP contribution in [0, 0.1) is 6.92 Å². The summed E-state index contributed by atoms with van der Waals surface area (Å²) in [6.45, 7) is 4.45. The monoisotopic (exact) mass is 381 g/mol. The van der Waals surface area contributed by atoms with Gasteiger partial charge in [0.05, 0.1) is 18.0 Å². The first-order chi connectivity index (χ1) is 14.2. The summed E-state index contributed by atoms with van der Waals surface area (Å²) in [6.07, 6.45) is 1.02. The van der Waals surface area contributed by atoms with Gasteiger partial charge in [0.25, 0.3) is 5.91 Å². The van der Waals surface area contributed by atoms with Gasteiger partial charge < -0.3 is 0 Å². The number of carbonyl (C=O) groups is 1. The van der Waals surface area contributed by atoms with Gasteiger partial charge in [0.15, 0.2) is 0 Å². The molecule has 2 aliphatic heterocycles. The summed E-state index contributed by atoms with van der Waals surface area (Å²) in [4.78, 5) is 22.2. The highest BCUT2D eigenvalue weighted by molar-refractivity contribution is 6.54. The van der Waals surface area contributed by atoms with E-state index in [-0.39, 0.29) is 5.91 Å². The number of hydrogen-bond donors (Lipinski definition) is 0. The van der Waals surface area contributed by atoms with Crippen LogP contribution in [0.2, 0.25) is 0 Å². The molecule has 144 valence electrons. The first-order valence-electron chi connectivity index (χ1n) is 10.0. The lowest BCUT2D eigenvalue weighted by Crippen LogP contribution is -2.43. The van der Waals surface area contributed by atoms with Crippen LogP contribution < -0.4 is 4.90 Å². The molecule has 0 aliphatic carbocycles. The van der Waals surface area contributed by atoms with E-state index in [0.717, 1.165) is 36.4 Å². The number of amides is 1. The number of nitrogens with zero attached hydrogens (tertiary/aromatic N) is 3. The molecule has 0 fully saturated rings. The van der Waals surface area contributed by atoms with E-state index in [2.05, 4.69) is 29.2 Å². The molecule has 5 rings (SSSR count). The van der Waals surface area contributed by atoms with Crippen LogP contribution >= 0.6 is 0 Å². The fraction of sp³-hybridized carbons (Fsp3) is 0.200. The van der Waals surface area contributed by atoms with Gasteiger partial charge in [-0.3, -0.25) is 14.6 Å². The number of benzene rings is 3. The van der Waals surface area contributed by atoms with Crippen LogP contribution in [0.4, 0.5) is 11.4 Å². The SMILES string of the molecule is Cc1ccc(N=C2C(=O)N(CN3CCc4ccccc4C3)c3ccccc32)cc1. The lowest BCUT2D eigenvalue weighted by molar-refractivity contribution is -0.112. The zero-order valence-corrected chi connectivity index (χ0v) is 16.5. The molecule has 0 bridgehead atoms. The minimum Gasteiger partial charge on any atom is -0.293 e. The standard InChI is InChI=1S/C25H23N3O/c1-18-10-12-21(13-11-18)26-24-22-8-4-5-9-23(22)28(25(24)29)17-27-15-14-19-6-2-3-7-20(19)16-27/h2-13H,14-17H2,1H3. The van der Waals surface area contributed by atoms with Gasteiger partial charge in [-0.15, -0.1) is 0 Å². The fourth-order valence-electron chi connectivity index (χ4n) is 4.13. The Balaban J connectivity index is 1.44. The molecule has 0 radical (unpaired) electrons. The Morgan fingerprint density at radius 1 is 0.897 bits per heavy atom. The van der Waals surface area contributed by atoms with E-state index in [4.69, 9.17) is 4.99 Å². The van der Waals surface area contributed by atoms with Crippen molar-refractivity contribution in [2.45, 2.75) is 19.9 Å². The Morgan fingerprint density at radius 2 is 1.62 bits per heavy atom. The van der Waals surface area contributed by atoms with Crippen LogP contribution in [0.5, 0.6) is 0 Å². The molecule has 0 saturated carbocycles. The highest BCUT2D eigenvalue weighted by Gasteiger charge is 2.35. The summed E-state index contributed by atoms with van der Waals surface area (Å²) in [6, 6.07) is 24.5. The van der Waals surface area contributed by atoms with E-state index < -0.39 is 0 Å². The molecular formula is C25H23N3O. The van der Waals surface area contributed by atoms with Gasteiger partial charge in [0.1, 0.15) is 5.71 Å². The Kier molecular flexibility index (Phi) is 4.49. The molecule has 3 aromatic carbocycles. The van der Waals surface area contributed by atoms with Crippen LogP contribution in [0.3, 0.4) is 0 Å². The summed E-state index contributed by atoms with van der Waals surface area (Å²) in [5.41, 5.74) is 7.15. The van der Waals surface area contributed by atoms with E-state index in [1.54, 1.807) is 0 Å². The smallest absolute Gasteiger partial charge is 0.278 e. The molecule has 4 heteroatoms. The zero-order valence-electron chi connectivity index (χ0n) is 16.5. The first kappa shape index (κ1) is 17.8. The molecule has 3 aromatic rings. The molecule has 1 amide bonds. The first-order valence-corrected chi connectivity index (χ1v) is 10.0. The molecule has 0 spiro atoms. The number of para-hydroxylation sites is 1. The van der Waals surface area contributed by atoms with Crippen molar-refractivity contribution in [3.63, 3.8) is 0 Å². The van der Waals surface area contributed by atoms with Gasteiger partial charge in [-0.2, -0.15) is 0 Å². The lowest BCUT2D eigenvalue weighted by Gasteiger charge is -2.32. The normalized spacial score (nSPS) is 17.5. The molecule has 2 aliphatic rings. The number of rotatable bonds is 3. The summed E-state index contributed by atoms with van der Waals surface area (Å²) >= 11 is 0. The van der Waals surface area contributed by atoms with Gasteiger partial charge in [0.2, 0.25) is 0 Å².